The summed E-state index contributed by atoms with van der Waals surface area (Å²) in [5.41, 5.74) is -1.01. The molecule has 0 bridgehead atoms. The SMILES string of the molecule is COCCSCc1cc(NC(=O)OC(C)(C)C)cc(C(F)(F)F)c1. The number of halogens is 3. The van der Waals surface area contributed by atoms with E-state index in [1.165, 1.54) is 17.8 Å². The summed E-state index contributed by atoms with van der Waals surface area (Å²) in [6.07, 6.45) is -5.28. The minimum Gasteiger partial charge on any atom is -0.444 e. The van der Waals surface area contributed by atoms with Crippen LogP contribution in [0.5, 0.6) is 0 Å². The van der Waals surface area contributed by atoms with Crippen LogP contribution in [0.4, 0.5) is 23.7 Å². The Kier molecular flexibility index (Phi) is 7.41. The van der Waals surface area contributed by atoms with E-state index < -0.39 is 23.4 Å². The zero-order valence-corrected chi connectivity index (χ0v) is 14.9. The largest absolute Gasteiger partial charge is 0.444 e. The van der Waals surface area contributed by atoms with Gasteiger partial charge in [-0.2, -0.15) is 24.9 Å². The number of hydrogen-bond acceptors (Lipinski definition) is 4. The Balaban J connectivity index is 2.91. The first kappa shape index (κ1) is 20.6. The lowest BCUT2D eigenvalue weighted by Gasteiger charge is -2.20. The molecule has 4 nitrogen and oxygen atoms in total. The number of benzene rings is 1. The van der Waals surface area contributed by atoms with Crippen molar-refractivity contribution in [2.75, 3.05) is 24.8 Å². The van der Waals surface area contributed by atoms with Crippen molar-refractivity contribution in [1.82, 2.24) is 0 Å². The fraction of sp³-hybridized carbons (Fsp3) is 0.562. The second-order valence-corrected chi connectivity index (χ2v) is 7.19. The molecule has 0 aliphatic rings. The van der Waals surface area contributed by atoms with Gasteiger partial charge in [0.25, 0.3) is 0 Å². The molecule has 0 spiro atoms. The van der Waals surface area contributed by atoms with Gasteiger partial charge in [-0.25, -0.2) is 4.79 Å². The number of carbonyl (C=O) groups is 1. The Morgan fingerprint density at radius 1 is 1.21 bits per heavy atom. The molecular weight excluding hydrogens is 343 g/mol. The van der Waals surface area contributed by atoms with Crippen molar-refractivity contribution in [2.45, 2.75) is 38.3 Å². The smallest absolute Gasteiger partial charge is 0.416 e. The highest BCUT2D eigenvalue weighted by Gasteiger charge is 2.31. The third kappa shape index (κ3) is 7.92. The van der Waals surface area contributed by atoms with E-state index in [-0.39, 0.29) is 5.69 Å². The summed E-state index contributed by atoms with van der Waals surface area (Å²) in [6, 6.07) is 3.49. The van der Waals surface area contributed by atoms with Crippen molar-refractivity contribution in [2.24, 2.45) is 0 Å². The molecule has 1 aromatic carbocycles. The average molecular weight is 365 g/mol. The maximum absolute atomic E-state index is 13.0. The van der Waals surface area contributed by atoms with Crippen molar-refractivity contribution in [1.29, 1.82) is 0 Å². The minimum atomic E-state index is -4.49. The van der Waals surface area contributed by atoms with Crippen molar-refractivity contribution < 1.29 is 27.4 Å². The van der Waals surface area contributed by atoms with Gasteiger partial charge in [-0.1, -0.05) is 0 Å². The van der Waals surface area contributed by atoms with E-state index in [4.69, 9.17) is 9.47 Å². The number of methoxy groups -OCH3 is 1. The fourth-order valence-electron chi connectivity index (χ4n) is 1.76. The molecule has 0 aromatic heterocycles. The molecule has 136 valence electrons. The predicted molar refractivity (Wildman–Crippen MR) is 89.3 cm³/mol. The highest BCUT2D eigenvalue weighted by molar-refractivity contribution is 7.98. The van der Waals surface area contributed by atoms with Gasteiger partial charge in [0.05, 0.1) is 12.2 Å². The summed E-state index contributed by atoms with van der Waals surface area (Å²) >= 11 is 1.45. The fourth-order valence-corrected chi connectivity index (χ4v) is 2.60. The number of rotatable bonds is 6. The number of carbonyl (C=O) groups excluding carboxylic acids is 1. The number of ether oxygens (including phenoxy) is 2. The third-order valence-electron chi connectivity index (χ3n) is 2.67. The van der Waals surface area contributed by atoms with E-state index in [9.17, 15) is 18.0 Å². The van der Waals surface area contributed by atoms with Crippen LogP contribution in [0.25, 0.3) is 0 Å². The van der Waals surface area contributed by atoms with Crippen LogP contribution in [0.1, 0.15) is 31.9 Å². The van der Waals surface area contributed by atoms with Crippen molar-refractivity contribution in [3.63, 3.8) is 0 Å². The zero-order chi connectivity index (χ0) is 18.4. The van der Waals surface area contributed by atoms with Gasteiger partial charge in [0.15, 0.2) is 0 Å². The van der Waals surface area contributed by atoms with Crippen molar-refractivity contribution in [3.05, 3.63) is 29.3 Å². The predicted octanol–water partition coefficient (Wildman–Crippen LogP) is 4.93. The number of hydrogen-bond donors (Lipinski definition) is 1. The van der Waals surface area contributed by atoms with Gasteiger partial charge in [-0.15, -0.1) is 0 Å². The highest BCUT2D eigenvalue weighted by Crippen LogP contribution is 2.33. The van der Waals surface area contributed by atoms with E-state index >= 15 is 0 Å². The summed E-state index contributed by atoms with van der Waals surface area (Å²) in [5.74, 6) is 1.05. The first-order valence-electron chi connectivity index (χ1n) is 7.29. The first-order chi connectivity index (χ1) is 11.0. The summed E-state index contributed by atoms with van der Waals surface area (Å²) in [7, 11) is 1.56. The normalized spacial score (nSPS) is 12.1. The van der Waals surface area contributed by atoms with Gasteiger partial charge < -0.3 is 9.47 Å². The van der Waals surface area contributed by atoms with Crippen LogP contribution in [-0.2, 0) is 21.4 Å². The van der Waals surface area contributed by atoms with Crippen molar-refractivity contribution >= 4 is 23.5 Å². The van der Waals surface area contributed by atoms with Gasteiger partial charge in [0.1, 0.15) is 5.60 Å². The standard InChI is InChI=1S/C16H22F3NO3S/c1-15(2,3)23-14(21)20-13-8-11(10-24-6-5-22-4)7-12(9-13)16(17,18)19/h7-9H,5-6,10H2,1-4H3,(H,20,21). The van der Waals surface area contributed by atoms with Gasteiger partial charge in [0, 0.05) is 24.3 Å². The molecule has 8 heteroatoms. The molecule has 0 unspecified atom stereocenters. The quantitative estimate of drug-likeness (QED) is 0.726. The Bertz CT molecular complexity index is 556. The molecule has 24 heavy (non-hydrogen) atoms. The molecule has 0 saturated heterocycles. The molecule has 1 amide bonds. The lowest BCUT2D eigenvalue weighted by atomic mass is 10.1. The van der Waals surface area contributed by atoms with E-state index in [0.29, 0.717) is 23.7 Å². The second-order valence-electron chi connectivity index (χ2n) is 6.09. The zero-order valence-electron chi connectivity index (χ0n) is 14.1. The molecule has 1 N–H and O–H groups in total. The molecule has 0 heterocycles. The Morgan fingerprint density at radius 2 is 1.88 bits per heavy atom. The number of thioether (sulfide) groups is 1. The molecule has 0 fully saturated rings. The first-order valence-corrected chi connectivity index (χ1v) is 8.44. The maximum Gasteiger partial charge on any atom is 0.416 e. The Morgan fingerprint density at radius 3 is 2.42 bits per heavy atom. The van der Waals surface area contributed by atoms with Gasteiger partial charge >= 0.3 is 12.3 Å². The number of amides is 1. The molecule has 0 saturated carbocycles. The highest BCUT2D eigenvalue weighted by atomic mass is 32.2. The van der Waals surface area contributed by atoms with Crippen LogP contribution < -0.4 is 5.32 Å². The van der Waals surface area contributed by atoms with Gasteiger partial charge in [-0.05, 0) is 44.5 Å². The van der Waals surface area contributed by atoms with Crippen LogP contribution in [0.15, 0.2) is 18.2 Å². The van der Waals surface area contributed by atoms with E-state index in [2.05, 4.69) is 5.32 Å². The molecule has 0 aliphatic carbocycles. The summed E-state index contributed by atoms with van der Waals surface area (Å²) in [6.45, 7) is 5.55. The van der Waals surface area contributed by atoms with Gasteiger partial charge in [-0.3, -0.25) is 5.32 Å². The Labute approximate surface area is 144 Å². The Hall–Kier alpha value is -1.41. The van der Waals surface area contributed by atoms with Crippen LogP contribution in [0.3, 0.4) is 0 Å². The minimum absolute atomic E-state index is 0.0569. The molecule has 0 aliphatic heterocycles. The maximum atomic E-state index is 13.0. The van der Waals surface area contributed by atoms with Crippen LogP contribution in [0, 0.1) is 0 Å². The monoisotopic (exact) mass is 365 g/mol. The van der Waals surface area contributed by atoms with Crippen LogP contribution in [0.2, 0.25) is 0 Å². The summed E-state index contributed by atoms with van der Waals surface area (Å²) < 4.78 is 49.1. The third-order valence-corrected chi connectivity index (χ3v) is 3.66. The van der Waals surface area contributed by atoms with E-state index in [1.54, 1.807) is 27.9 Å². The molecule has 0 radical (unpaired) electrons. The van der Waals surface area contributed by atoms with E-state index in [1.807, 2.05) is 0 Å². The van der Waals surface area contributed by atoms with Gasteiger partial charge in [0.2, 0.25) is 0 Å². The molecular formula is C16H22F3NO3S. The van der Waals surface area contributed by atoms with Crippen LogP contribution >= 0.6 is 11.8 Å². The number of anilines is 1. The summed E-state index contributed by atoms with van der Waals surface area (Å²) in [4.78, 5) is 11.8. The lowest BCUT2D eigenvalue weighted by molar-refractivity contribution is -0.137. The molecule has 1 aromatic rings. The topological polar surface area (TPSA) is 47.6 Å². The van der Waals surface area contributed by atoms with E-state index in [0.717, 1.165) is 12.1 Å². The number of nitrogens with one attached hydrogen (secondary N) is 1. The number of alkyl halides is 3. The molecule has 0 atom stereocenters. The average Bonchev–Trinajstić information content (AvgIpc) is 2.40. The summed E-state index contributed by atoms with van der Waals surface area (Å²) in [5, 5.41) is 2.36. The molecule has 1 rings (SSSR count). The lowest BCUT2D eigenvalue weighted by Crippen LogP contribution is -2.27. The second kappa shape index (κ2) is 8.62. The van der Waals surface area contributed by atoms with Crippen molar-refractivity contribution in [3.8, 4) is 0 Å². The van der Waals surface area contributed by atoms with Crippen LogP contribution in [-0.4, -0.2) is 31.2 Å².